The Hall–Kier alpha value is -2.32. The number of carbonyl (C=O) groups excluding carboxylic acids is 2. The van der Waals surface area contributed by atoms with Crippen molar-refractivity contribution >= 4 is 11.8 Å². The van der Waals surface area contributed by atoms with Crippen LogP contribution in [0.3, 0.4) is 0 Å². The van der Waals surface area contributed by atoms with E-state index in [0.717, 1.165) is 5.56 Å². The van der Waals surface area contributed by atoms with Crippen LogP contribution in [0.2, 0.25) is 0 Å². The third-order valence-corrected chi connectivity index (χ3v) is 2.61. The van der Waals surface area contributed by atoms with E-state index in [-0.39, 0.29) is 24.8 Å². The molecule has 1 aromatic carbocycles. The van der Waals surface area contributed by atoms with Crippen molar-refractivity contribution in [3.8, 4) is 11.8 Å². The number of aliphatic hydroxyl groups excluding tert-OH is 1. The van der Waals surface area contributed by atoms with Gasteiger partial charge in [0, 0.05) is 37.1 Å². The predicted octanol–water partition coefficient (Wildman–Crippen LogP) is 0.676. The van der Waals surface area contributed by atoms with E-state index in [0.29, 0.717) is 25.1 Å². The van der Waals surface area contributed by atoms with Crippen molar-refractivity contribution in [2.45, 2.75) is 19.8 Å². The van der Waals surface area contributed by atoms with Crippen LogP contribution >= 0.6 is 0 Å². The molecule has 0 aliphatic carbocycles. The van der Waals surface area contributed by atoms with Gasteiger partial charge in [-0.3, -0.25) is 9.59 Å². The molecule has 0 saturated heterocycles. The van der Waals surface area contributed by atoms with Crippen LogP contribution in [0.5, 0.6) is 0 Å². The maximum absolute atomic E-state index is 11.9. The van der Waals surface area contributed by atoms with E-state index in [1.165, 1.54) is 0 Å². The highest BCUT2D eigenvalue weighted by Gasteiger charge is 2.06. The van der Waals surface area contributed by atoms with Gasteiger partial charge in [0.15, 0.2) is 0 Å². The molecule has 2 amide bonds. The normalized spacial score (nSPS) is 9.43. The molecule has 0 aliphatic heterocycles. The number of benzene rings is 1. The van der Waals surface area contributed by atoms with Gasteiger partial charge in [0.05, 0.1) is 6.61 Å². The molecule has 0 unspecified atom stereocenters. The number of aliphatic hydroxyl groups is 1. The van der Waals surface area contributed by atoms with E-state index in [1.807, 2.05) is 6.92 Å². The molecule has 3 N–H and O–H groups in total. The second-order valence-electron chi connectivity index (χ2n) is 4.32. The summed E-state index contributed by atoms with van der Waals surface area (Å²) in [5.41, 5.74) is 1.22. The van der Waals surface area contributed by atoms with Gasteiger partial charge in [-0.25, -0.2) is 0 Å². The van der Waals surface area contributed by atoms with Gasteiger partial charge in [0.1, 0.15) is 0 Å². The van der Waals surface area contributed by atoms with Crippen molar-refractivity contribution < 1.29 is 14.7 Å². The topological polar surface area (TPSA) is 78.4 Å². The minimum absolute atomic E-state index is 0.0208. The minimum Gasteiger partial charge on any atom is -0.395 e. The highest BCUT2D eigenvalue weighted by molar-refractivity contribution is 5.94. The Kier molecular flexibility index (Phi) is 7.62. The Morgan fingerprint density at radius 2 is 2.10 bits per heavy atom. The van der Waals surface area contributed by atoms with Crippen molar-refractivity contribution in [3.63, 3.8) is 0 Å². The van der Waals surface area contributed by atoms with E-state index in [2.05, 4.69) is 22.5 Å². The van der Waals surface area contributed by atoms with E-state index < -0.39 is 0 Å². The Morgan fingerprint density at radius 3 is 2.81 bits per heavy atom. The Bertz CT molecular complexity index is 544. The summed E-state index contributed by atoms with van der Waals surface area (Å²) in [6, 6.07) is 6.93. The average Bonchev–Trinajstić information content (AvgIpc) is 2.48. The molecule has 0 fully saturated rings. The summed E-state index contributed by atoms with van der Waals surface area (Å²) in [6.07, 6.45) is 0.665. The van der Waals surface area contributed by atoms with E-state index in [4.69, 9.17) is 5.11 Å². The van der Waals surface area contributed by atoms with Crippen LogP contribution in [0.15, 0.2) is 24.3 Å². The lowest BCUT2D eigenvalue weighted by molar-refractivity contribution is -0.120. The Morgan fingerprint density at radius 1 is 1.29 bits per heavy atom. The fraction of sp³-hybridized carbons (Fsp3) is 0.375. The molecule has 0 atom stereocenters. The fourth-order valence-electron chi connectivity index (χ4n) is 1.64. The van der Waals surface area contributed by atoms with Crippen LogP contribution in [0.4, 0.5) is 0 Å². The third-order valence-electron chi connectivity index (χ3n) is 2.61. The van der Waals surface area contributed by atoms with Crippen molar-refractivity contribution in [2.75, 3.05) is 19.7 Å². The lowest BCUT2D eigenvalue weighted by atomic mass is 10.1. The number of hydrogen-bond acceptors (Lipinski definition) is 3. The number of rotatable bonds is 6. The van der Waals surface area contributed by atoms with Crippen molar-refractivity contribution in [3.05, 3.63) is 35.4 Å². The molecule has 0 aromatic heterocycles. The van der Waals surface area contributed by atoms with Crippen LogP contribution in [0, 0.1) is 11.8 Å². The number of hydrogen-bond donors (Lipinski definition) is 3. The molecule has 0 spiro atoms. The minimum atomic E-state index is -0.231. The molecular formula is C16H20N2O3. The van der Waals surface area contributed by atoms with E-state index in [9.17, 15) is 9.59 Å². The summed E-state index contributed by atoms with van der Waals surface area (Å²) in [5, 5.41) is 14.0. The molecule has 21 heavy (non-hydrogen) atoms. The van der Waals surface area contributed by atoms with Crippen molar-refractivity contribution in [2.24, 2.45) is 0 Å². The predicted molar refractivity (Wildman–Crippen MR) is 80.7 cm³/mol. The average molecular weight is 288 g/mol. The highest BCUT2D eigenvalue weighted by Crippen LogP contribution is 2.04. The van der Waals surface area contributed by atoms with Crippen molar-refractivity contribution in [1.82, 2.24) is 10.6 Å². The maximum atomic E-state index is 11.9. The second-order valence-corrected chi connectivity index (χ2v) is 4.32. The third kappa shape index (κ3) is 6.59. The van der Waals surface area contributed by atoms with Gasteiger partial charge in [-0.15, -0.1) is 0 Å². The second kappa shape index (κ2) is 9.56. The number of nitrogens with one attached hydrogen (secondary N) is 2. The van der Waals surface area contributed by atoms with Gasteiger partial charge in [0.25, 0.3) is 5.91 Å². The van der Waals surface area contributed by atoms with Crippen LogP contribution in [0.1, 0.15) is 35.7 Å². The Labute approximate surface area is 124 Å². The maximum Gasteiger partial charge on any atom is 0.251 e. The Balaban J connectivity index is 2.53. The van der Waals surface area contributed by atoms with Gasteiger partial charge < -0.3 is 15.7 Å². The van der Waals surface area contributed by atoms with Crippen LogP contribution < -0.4 is 10.6 Å². The first-order valence-corrected chi connectivity index (χ1v) is 6.92. The smallest absolute Gasteiger partial charge is 0.251 e. The molecule has 0 bridgehead atoms. The van der Waals surface area contributed by atoms with E-state index >= 15 is 0 Å². The SMILES string of the molecule is CCNC(=O)CCNC(=O)c1cccc(C#CCCO)c1. The summed E-state index contributed by atoms with van der Waals surface area (Å²) in [7, 11) is 0. The molecular weight excluding hydrogens is 268 g/mol. The molecule has 5 heteroatoms. The zero-order valence-corrected chi connectivity index (χ0v) is 12.1. The van der Waals surface area contributed by atoms with Crippen LogP contribution in [-0.2, 0) is 4.79 Å². The first kappa shape index (κ1) is 16.7. The van der Waals surface area contributed by atoms with Crippen molar-refractivity contribution in [1.29, 1.82) is 0 Å². The molecule has 0 aliphatic rings. The molecule has 1 aromatic rings. The first-order valence-electron chi connectivity index (χ1n) is 6.92. The van der Waals surface area contributed by atoms with Gasteiger partial charge in [0.2, 0.25) is 5.91 Å². The molecule has 1 rings (SSSR count). The quantitative estimate of drug-likeness (QED) is 0.673. The standard InChI is InChI=1S/C16H20N2O3/c1-2-17-15(20)9-10-18-16(21)14-8-5-7-13(12-14)6-3-4-11-19/h5,7-8,12,19H,2,4,9-11H2,1H3,(H,17,20)(H,18,21). The lowest BCUT2D eigenvalue weighted by Crippen LogP contribution is -2.30. The highest BCUT2D eigenvalue weighted by atomic mass is 16.2. The van der Waals surface area contributed by atoms with Crippen LogP contribution in [0.25, 0.3) is 0 Å². The summed E-state index contributed by atoms with van der Waals surface area (Å²) in [4.78, 5) is 23.2. The zero-order chi connectivity index (χ0) is 15.5. The fourth-order valence-corrected chi connectivity index (χ4v) is 1.64. The molecule has 0 heterocycles. The lowest BCUT2D eigenvalue weighted by Gasteiger charge is -2.05. The van der Waals surface area contributed by atoms with E-state index in [1.54, 1.807) is 24.3 Å². The zero-order valence-electron chi connectivity index (χ0n) is 12.1. The summed E-state index contributed by atoms with van der Waals surface area (Å²) >= 11 is 0. The van der Waals surface area contributed by atoms with Gasteiger partial charge in [-0.05, 0) is 25.1 Å². The van der Waals surface area contributed by atoms with Gasteiger partial charge in [-0.2, -0.15) is 0 Å². The summed E-state index contributed by atoms with van der Waals surface area (Å²) in [6.45, 7) is 2.75. The molecule has 0 radical (unpaired) electrons. The monoisotopic (exact) mass is 288 g/mol. The summed E-state index contributed by atoms with van der Waals surface area (Å²) < 4.78 is 0. The number of carbonyl (C=O) groups is 2. The largest absolute Gasteiger partial charge is 0.395 e. The van der Waals surface area contributed by atoms with Crippen LogP contribution in [-0.4, -0.2) is 36.6 Å². The number of amides is 2. The van der Waals surface area contributed by atoms with Gasteiger partial charge >= 0.3 is 0 Å². The molecule has 5 nitrogen and oxygen atoms in total. The van der Waals surface area contributed by atoms with Gasteiger partial charge in [-0.1, -0.05) is 17.9 Å². The molecule has 0 saturated carbocycles. The summed E-state index contributed by atoms with van der Waals surface area (Å²) in [5.74, 6) is 5.37. The molecule has 112 valence electrons. The first-order chi connectivity index (χ1) is 10.2.